The molecule has 1 rings (SSSR count). The SMILES string of the molecule is Cc1cccc(C(=O)N(C)C(C)(C)CBr)c1C. The first-order valence-corrected chi connectivity index (χ1v) is 6.83. The Labute approximate surface area is 112 Å². The van der Waals surface area contributed by atoms with E-state index < -0.39 is 0 Å². The Hall–Kier alpha value is -0.830. The fourth-order valence-electron chi connectivity index (χ4n) is 1.53. The second-order valence-electron chi connectivity index (χ2n) is 5.06. The largest absolute Gasteiger partial charge is 0.336 e. The third-order valence-corrected chi connectivity index (χ3v) is 4.75. The predicted octanol–water partition coefficient (Wildman–Crippen LogP) is 3.55. The molecule has 0 aliphatic carbocycles. The molecule has 0 bridgehead atoms. The number of hydrogen-bond donors (Lipinski definition) is 0. The van der Waals surface area contributed by atoms with E-state index in [1.165, 1.54) is 0 Å². The van der Waals surface area contributed by atoms with Crippen molar-refractivity contribution in [2.24, 2.45) is 0 Å². The van der Waals surface area contributed by atoms with Crippen LogP contribution in [0.1, 0.15) is 35.3 Å². The summed E-state index contributed by atoms with van der Waals surface area (Å²) in [5.74, 6) is 0.0793. The van der Waals surface area contributed by atoms with Crippen molar-refractivity contribution in [3.63, 3.8) is 0 Å². The van der Waals surface area contributed by atoms with Gasteiger partial charge in [0.2, 0.25) is 0 Å². The number of nitrogens with zero attached hydrogens (tertiary/aromatic N) is 1. The molecule has 0 radical (unpaired) electrons. The quantitative estimate of drug-likeness (QED) is 0.782. The van der Waals surface area contributed by atoms with Crippen molar-refractivity contribution in [1.29, 1.82) is 0 Å². The first-order chi connectivity index (χ1) is 7.81. The lowest BCUT2D eigenvalue weighted by molar-refractivity contribution is 0.0663. The number of halogens is 1. The van der Waals surface area contributed by atoms with Crippen molar-refractivity contribution in [2.75, 3.05) is 12.4 Å². The second-order valence-corrected chi connectivity index (χ2v) is 5.62. The Balaban J connectivity index is 3.09. The number of carbonyl (C=O) groups excluding carboxylic acids is 1. The number of amides is 1. The van der Waals surface area contributed by atoms with Gasteiger partial charge in [-0.2, -0.15) is 0 Å². The van der Waals surface area contributed by atoms with Gasteiger partial charge in [-0.1, -0.05) is 28.1 Å². The summed E-state index contributed by atoms with van der Waals surface area (Å²) in [6.45, 7) is 8.12. The molecular formula is C14H20BrNO. The Bertz CT molecular complexity index is 426. The van der Waals surface area contributed by atoms with Gasteiger partial charge in [0.1, 0.15) is 0 Å². The number of rotatable bonds is 3. The molecule has 2 nitrogen and oxygen atoms in total. The van der Waals surface area contributed by atoms with Crippen LogP contribution in [0.4, 0.5) is 0 Å². The van der Waals surface area contributed by atoms with Crippen molar-refractivity contribution in [3.05, 3.63) is 34.9 Å². The van der Waals surface area contributed by atoms with Crippen LogP contribution in [0.3, 0.4) is 0 Å². The molecule has 1 aromatic carbocycles. The molecule has 0 aliphatic rings. The minimum absolute atomic E-state index is 0.0793. The standard InChI is InChI=1S/C14H20BrNO/c1-10-7-6-8-12(11(10)2)13(17)16(5)14(3,4)9-15/h6-8H,9H2,1-5H3. The number of aryl methyl sites for hydroxylation is 1. The van der Waals surface area contributed by atoms with Gasteiger partial charge in [0.25, 0.3) is 5.91 Å². The third-order valence-electron chi connectivity index (χ3n) is 3.37. The number of hydrogen-bond acceptors (Lipinski definition) is 1. The average Bonchev–Trinajstić information content (AvgIpc) is 2.30. The molecule has 0 saturated heterocycles. The number of carbonyl (C=O) groups is 1. The summed E-state index contributed by atoms with van der Waals surface area (Å²) in [5, 5.41) is 0.757. The highest BCUT2D eigenvalue weighted by Gasteiger charge is 2.27. The lowest BCUT2D eigenvalue weighted by atomic mass is 10.00. The molecule has 0 aromatic heterocycles. The number of benzene rings is 1. The molecular weight excluding hydrogens is 278 g/mol. The summed E-state index contributed by atoms with van der Waals surface area (Å²) in [6.07, 6.45) is 0. The number of alkyl halides is 1. The summed E-state index contributed by atoms with van der Waals surface area (Å²) in [4.78, 5) is 14.2. The van der Waals surface area contributed by atoms with E-state index in [1.807, 2.05) is 52.9 Å². The summed E-state index contributed by atoms with van der Waals surface area (Å²) in [5.41, 5.74) is 2.82. The molecule has 17 heavy (non-hydrogen) atoms. The van der Waals surface area contributed by atoms with Gasteiger partial charge in [0, 0.05) is 23.5 Å². The summed E-state index contributed by atoms with van der Waals surface area (Å²) >= 11 is 3.45. The molecule has 0 heterocycles. The van der Waals surface area contributed by atoms with Gasteiger partial charge in [0.15, 0.2) is 0 Å². The first-order valence-electron chi connectivity index (χ1n) is 5.71. The topological polar surface area (TPSA) is 20.3 Å². The fourth-order valence-corrected chi connectivity index (χ4v) is 1.90. The van der Waals surface area contributed by atoms with E-state index in [1.54, 1.807) is 4.90 Å². The van der Waals surface area contributed by atoms with Crippen molar-refractivity contribution in [1.82, 2.24) is 4.90 Å². The maximum absolute atomic E-state index is 12.4. The maximum Gasteiger partial charge on any atom is 0.254 e. The molecule has 1 aromatic rings. The smallest absolute Gasteiger partial charge is 0.254 e. The van der Waals surface area contributed by atoms with E-state index in [2.05, 4.69) is 15.9 Å². The lowest BCUT2D eigenvalue weighted by Gasteiger charge is -2.34. The minimum Gasteiger partial charge on any atom is -0.336 e. The zero-order valence-corrected chi connectivity index (χ0v) is 12.8. The van der Waals surface area contributed by atoms with E-state index in [-0.39, 0.29) is 11.4 Å². The average molecular weight is 298 g/mol. The van der Waals surface area contributed by atoms with Gasteiger partial charge in [-0.25, -0.2) is 0 Å². The molecule has 0 atom stereocenters. The summed E-state index contributed by atoms with van der Waals surface area (Å²) in [7, 11) is 1.85. The molecule has 94 valence electrons. The van der Waals surface area contributed by atoms with Gasteiger partial charge in [0.05, 0.1) is 0 Å². The highest BCUT2D eigenvalue weighted by atomic mass is 79.9. The van der Waals surface area contributed by atoms with Gasteiger partial charge in [-0.3, -0.25) is 4.79 Å². The summed E-state index contributed by atoms with van der Waals surface area (Å²) < 4.78 is 0. The van der Waals surface area contributed by atoms with Crippen LogP contribution in [0.15, 0.2) is 18.2 Å². The van der Waals surface area contributed by atoms with Gasteiger partial charge in [-0.15, -0.1) is 0 Å². The highest BCUT2D eigenvalue weighted by molar-refractivity contribution is 9.09. The molecule has 3 heteroatoms. The van der Waals surface area contributed by atoms with E-state index in [0.717, 1.165) is 22.0 Å². The van der Waals surface area contributed by atoms with Crippen LogP contribution in [0.25, 0.3) is 0 Å². The lowest BCUT2D eigenvalue weighted by Crippen LogP contribution is -2.46. The molecule has 0 aliphatic heterocycles. The summed E-state index contributed by atoms with van der Waals surface area (Å²) in [6, 6.07) is 5.86. The Kier molecular flexibility index (Phi) is 4.36. The van der Waals surface area contributed by atoms with E-state index in [0.29, 0.717) is 0 Å². The zero-order valence-electron chi connectivity index (χ0n) is 11.2. The van der Waals surface area contributed by atoms with Crippen LogP contribution >= 0.6 is 15.9 Å². The first kappa shape index (κ1) is 14.2. The van der Waals surface area contributed by atoms with Gasteiger partial charge in [-0.05, 0) is 44.9 Å². The Morgan fingerprint density at radius 1 is 1.35 bits per heavy atom. The highest BCUT2D eigenvalue weighted by Crippen LogP contribution is 2.21. The Morgan fingerprint density at radius 3 is 2.47 bits per heavy atom. The molecule has 0 N–H and O–H groups in total. The third kappa shape index (κ3) is 2.89. The van der Waals surface area contributed by atoms with Crippen molar-refractivity contribution < 1.29 is 4.79 Å². The van der Waals surface area contributed by atoms with Gasteiger partial charge < -0.3 is 4.90 Å². The van der Waals surface area contributed by atoms with Crippen LogP contribution in [-0.2, 0) is 0 Å². The predicted molar refractivity (Wildman–Crippen MR) is 75.9 cm³/mol. The Morgan fingerprint density at radius 2 is 1.94 bits per heavy atom. The minimum atomic E-state index is -0.187. The molecule has 0 saturated carbocycles. The van der Waals surface area contributed by atoms with Crippen molar-refractivity contribution in [2.45, 2.75) is 33.2 Å². The van der Waals surface area contributed by atoms with Crippen LogP contribution in [0.2, 0.25) is 0 Å². The normalized spacial score (nSPS) is 11.4. The molecule has 0 unspecified atom stereocenters. The monoisotopic (exact) mass is 297 g/mol. The molecule has 1 amide bonds. The van der Waals surface area contributed by atoms with Crippen LogP contribution < -0.4 is 0 Å². The maximum atomic E-state index is 12.4. The molecule has 0 fully saturated rings. The van der Waals surface area contributed by atoms with Crippen LogP contribution in [0.5, 0.6) is 0 Å². The fraction of sp³-hybridized carbons (Fsp3) is 0.500. The van der Waals surface area contributed by atoms with Gasteiger partial charge >= 0.3 is 0 Å². The van der Waals surface area contributed by atoms with Crippen molar-refractivity contribution >= 4 is 21.8 Å². The van der Waals surface area contributed by atoms with E-state index in [4.69, 9.17) is 0 Å². The van der Waals surface area contributed by atoms with E-state index >= 15 is 0 Å². The molecule has 0 spiro atoms. The van der Waals surface area contributed by atoms with Crippen molar-refractivity contribution in [3.8, 4) is 0 Å². The van der Waals surface area contributed by atoms with E-state index in [9.17, 15) is 4.79 Å². The van der Waals surface area contributed by atoms with Crippen LogP contribution in [-0.4, -0.2) is 28.7 Å². The zero-order chi connectivity index (χ0) is 13.2. The van der Waals surface area contributed by atoms with Crippen LogP contribution in [0, 0.1) is 13.8 Å². The second kappa shape index (κ2) is 5.21.